The number of imidazole rings is 1. The summed E-state index contributed by atoms with van der Waals surface area (Å²) in [6.07, 6.45) is -1.65. The van der Waals surface area contributed by atoms with Gasteiger partial charge in [-0.25, -0.2) is 15.0 Å². The van der Waals surface area contributed by atoms with Crippen molar-refractivity contribution in [2.45, 2.75) is 25.4 Å². The van der Waals surface area contributed by atoms with Crippen LogP contribution in [-0.4, -0.2) is 35.6 Å². The first-order valence-corrected chi connectivity index (χ1v) is 9.04. The van der Waals surface area contributed by atoms with Gasteiger partial charge in [-0.2, -0.15) is 23.0 Å². The summed E-state index contributed by atoms with van der Waals surface area (Å²) in [5, 5.41) is 7.31. The molecule has 1 aliphatic rings. The van der Waals surface area contributed by atoms with Crippen LogP contribution in [0.25, 0.3) is 17.0 Å². The molecule has 1 amide bonds. The van der Waals surface area contributed by atoms with Crippen molar-refractivity contribution in [3.8, 4) is 5.82 Å². The molecule has 30 heavy (non-hydrogen) atoms. The normalized spacial score (nSPS) is 16.5. The van der Waals surface area contributed by atoms with Gasteiger partial charge in [0.15, 0.2) is 11.5 Å². The highest BCUT2D eigenvalue weighted by Gasteiger charge is 2.35. The van der Waals surface area contributed by atoms with Gasteiger partial charge in [0, 0.05) is 17.9 Å². The van der Waals surface area contributed by atoms with Crippen LogP contribution in [0.5, 0.6) is 0 Å². The molecule has 152 valence electrons. The Labute approximate surface area is 167 Å². The minimum Gasteiger partial charge on any atom is -0.340 e. The van der Waals surface area contributed by atoms with Gasteiger partial charge in [0.05, 0.1) is 17.6 Å². The molecular weight excluding hydrogens is 399 g/mol. The van der Waals surface area contributed by atoms with E-state index in [1.807, 2.05) is 0 Å². The molecule has 0 bridgehead atoms. The van der Waals surface area contributed by atoms with Crippen LogP contribution in [0.3, 0.4) is 0 Å². The van der Waals surface area contributed by atoms with Gasteiger partial charge >= 0.3 is 6.18 Å². The molecule has 0 saturated heterocycles. The summed E-state index contributed by atoms with van der Waals surface area (Å²) in [5.74, 6) is -0.127. The lowest BCUT2D eigenvalue weighted by atomic mass is 9.85. The number of alkyl halides is 3. The topological polar surface area (TPSA) is 101 Å². The predicted molar refractivity (Wildman–Crippen MR) is 100 cm³/mol. The number of aromatic amines is 1. The van der Waals surface area contributed by atoms with Gasteiger partial charge in [-0.3, -0.25) is 4.79 Å². The smallest absolute Gasteiger partial charge is 0.340 e. The lowest BCUT2D eigenvalue weighted by molar-refractivity contribution is -0.137. The zero-order valence-corrected chi connectivity index (χ0v) is 15.5. The summed E-state index contributed by atoms with van der Waals surface area (Å²) in [4.78, 5) is 27.8. The van der Waals surface area contributed by atoms with E-state index in [-0.39, 0.29) is 12.3 Å². The Hall–Kier alpha value is -3.76. The fraction of sp³-hybridized carbons (Fsp3) is 0.211. The van der Waals surface area contributed by atoms with E-state index in [2.05, 4.69) is 30.4 Å². The molecule has 1 unspecified atom stereocenters. The van der Waals surface area contributed by atoms with E-state index in [9.17, 15) is 18.0 Å². The monoisotopic (exact) mass is 413 g/mol. The van der Waals surface area contributed by atoms with Crippen LogP contribution in [0.15, 0.2) is 36.9 Å². The van der Waals surface area contributed by atoms with Crippen molar-refractivity contribution in [3.63, 3.8) is 0 Å². The number of halogens is 3. The molecule has 0 radical (unpaired) electrons. The number of benzene rings is 1. The third-order valence-electron chi connectivity index (χ3n) is 5.12. The summed E-state index contributed by atoms with van der Waals surface area (Å²) in [6.45, 7) is 1.75. The lowest BCUT2D eigenvalue weighted by Crippen LogP contribution is -2.25. The third-order valence-corrected chi connectivity index (χ3v) is 5.12. The van der Waals surface area contributed by atoms with Gasteiger partial charge in [0.1, 0.15) is 17.7 Å². The van der Waals surface area contributed by atoms with Crippen molar-refractivity contribution in [1.29, 1.82) is 0 Å². The van der Waals surface area contributed by atoms with E-state index in [0.717, 1.165) is 12.1 Å². The number of fused-ring (bicyclic) bond motifs is 2. The van der Waals surface area contributed by atoms with E-state index in [1.54, 1.807) is 13.0 Å². The molecule has 2 N–H and O–H groups in total. The first-order chi connectivity index (χ1) is 14.3. The van der Waals surface area contributed by atoms with Crippen LogP contribution in [-0.2, 0) is 11.0 Å². The molecule has 11 heteroatoms. The fourth-order valence-corrected chi connectivity index (χ4v) is 3.83. The van der Waals surface area contributed by atoms with E-state index < -0.39 is 17.7 Å². The second-order valence-corrected chi connectivity index (χ2v) is 6.99. The minimum absolute atomic E-state index is 0.0179. The number of rotatable bonds is 2. The average Bonchev–Trinajstić information content (AvgIpc) is 3.31. The summed E-state index contributed by atoms with van der Waals surface area (Å²) in [6, 6.07) is 5.04. The Morgan fingerprint density at radius 1 is 1.20 bits per heavy atom. The summed E-state index contributed by atoms with van der Waals surface area (Å²) < 4.78 is 41.1. The molecule has 4 aromatic rings. The fourth-order valence-electron chi connectivity index (χ4n) is 3.83. The summed E-state index contributed by atoms with van der Waals surface area (Å²) in [5.41, 5.74) is 1.83. The number of amides is 1. The predicted octanol–water partition coefficient (Wildman–Crippen LogP) is 3.34. The molecule has 1 aliphatic heterocycles. The molecule has 1 atom stereocenters. The number of aromatic nitrogens is 6. The molecule has 3 aromatic heterocycles. The van der Waals surface area contributed by atoms with Crippen LogP contribution in [0.4, 0.5) is 19.0 Å². The second kappa shape index (κ2) is 6.37. The molecular formula is C19H14F3N7O. The van der Waals surface area contributed by atoms with E-state index in [4.69, 9.17) is 0 Å². The van der Waals surface area contributed by atoms with Gasteiger partial charge in [-0.1, -0.05) is 18.2 Å². The maximum Gasteiger partial charge on any atom is 0.416 e. The van der Waals surface area contributed by atoms with Gasteiger partial charge in [-0.15, -0.1) is 0 Å². The van der Waals surface area contributed by atoms with E-state index in [0.29, 0.717) is 39.6 Å². The average molecular weight is 413 g/mol. The van der Waals surface area contributed by atoms with Crippen molar-refractivity contribution in [2.24, 2.45) is 0 Å². The molecule has 8 nitrogen and oxygen atoms in total. The number of aryl methyl sites for hydroxylation is 1. The van der Waals surface area contributed by atoms with Crippen molar-refractivity contribution in [2.75, 3.05) is 5.32 Å². The van der Waals surface area contributed by atoms with Crippen LogP contribution < -0.4 is 5.32 Å². The Bertz CT molecular complexity index is 1290. The maximum absolute atomic E-state index is 13.2. The largest absolute Gasteiger partial charge is 0.416 e. The molecule has 0 spiro atoms. The number of hydrogen-bond acceptors (Lipinski definition) is 5. The summed E-state index contributed by atoms with van der Waals surface area (Å²) >= 11 is 0. The highest BCUT2D eigenvalue weighted by Crippen LogP contribution is 2.41. The quantitative estimate of drug-likeness (QED) is 0.525. The number of hydrogen-bond donors (Lipinski definition) is 2. The molecule has 4 heterocycles. The van der Waals surface area contributed by atoms with Crippen molar-refractivity contribution in [1.82, 2.24) is 29.7 Å². The van der Waals surface area contributed by atoms with E-state index >= 15 is 0 Å². The molecule has 0 fully saturated rings. The second-order valence-electron chi connectivity index (χ2n) is 6.99. The summed E-state index contributed by atoms with van der Waals surface area (Å²) in [7, 11) is 0. The van der Waals surface area contributed by atoms with Crippen LogP contribution in [0.2, 0.25) is 0 Å². The number of carbonyl (C=O) groups is 1. The van der Waals surface area contributed by atoms with Gasteiger partial charge in [0.25, 0.3) is 0 Å². The first kappa shape index (κ1) is 18.3. The molecule has 0 aliphatic carbocycles. The van der Waals surface area contributed by atoms with Gasteiger partial charge in [0.2, 0.25) is 5.91 Å². The minimum atomic E-state index is -4.47. The van der Waals surface area contributed by atoms with Crippen LogP contribution in [0.1, 0.15) is 34.7 Å². The highest BCUT2D eigenvalue weighted by molar-refractivity contribution is 5.95. The number of nitrogens with zero attached hydrogens (tertiary/aromatic N) is 5. The van der Waals surface area contributed by atoms with Crippen molar-refractivity contribution in [3.05, 3.63) is 59.3 Å². The number of H-pyrrole nitrogens is 1. The van der Waals surface area contributed by atoms with Crippen molar-refractivity contribution >= 4 is 22.9 Å². The Morgan fingerprint density at radius 3 is 2.83 bits per heavy atom. The SMILES string of the molecule is Cc1nn(-c2ncnc3nc[nH]c23)c2c1C(c1cccc(C(F)(F)F)c1)CC(=O)N2. The number of carbonyl (C=O) groups excluding carboxylic acids is 1. The number of nitrogens with one attached hydrogen (secondary N) is 2. The van der Waals surface area contributed by atoms with Crippen molar-refractivity contribution < 1.29 is 18.0 Å². The Balaban J connectivity index is 1.69. The number of anilines is 1. The van der Waals surface area contributed by atoms with Crippen LogP contribution in [0, 0.1) is 6.92 Å². The van der Waals surface area contributed by atoms with E-state index in [1.165, 1.54) is 23.4 Å². The molecule has 1 aromatic carbocycles. The molecule has 0 saturated carbocycles. The highest BCUT2D eigenvalue weighted by atomic mass is 19.4. The zero-order chi connectivity index (χ0) is 21.0. The zero-order valence-electron chi connectivity index (χ0n) is 15.5. The first-order valence-electron chi connectivity index (χ1n) is 9.04. The Morgan fingerprint density at radius 2 is 2.03 bits per heavy atom. The van der Waals surface area contributed by atoms with Crippen LogP contribution >= 0.6 is 0 Å². The van der Waals surface area contributed by atoms with Gasteiger partial charge in [-0.05, 0) is 18.6 Å². The molecule has 5 rings (SSSR count). The maximum atomic E-state index is 13.2. The third kappa shape index (κ3) is 2.81. The lowest BCUT2D eigenvalue weighted by Gasteiger charge is -2.25. The Kier molecular flexibility index (Phi) is 3.88. The standard InChI is InChI=1S/C19H14F3N7O/c1-9-14-12(10-3-2-4-11(5-10)19(20,21)22)6-13(30)27-17(14)29(28-9)18-15-16(24-7-23-15)25-8-26-18/h2-5,7-8,12H,6H2,1H3,(H,27,30)(H,23,24,25,26). The van der Waals surface area contributed by atoms with Gasteiger partial charge < -0.3 is 10.3 Å².